The summed E-state index contributed by atoms with van der Waals surface area (Å²) in [5.74, 6) is 1.00. The normalized spacial score (nSPS) is 11.5. The molecule has 0 unspecified atom stereocenters. The van der Waals surface area contributed by atoms with Gasteiger partial charge in [0.05, 0.1) is 0 Å². The molecule has 0 amide bonds. The summed E-state index contributed by atoms with van der Waals surface area (Å²) < 4.78 is 42.1. The van der Waals surface area contributed by atoms with Crippen molar-refractivity contribution in [3.63, 3.8) is 0 Å². The molecule has 0 fully saturated rings. The number of aromatic nitrogens is 5. The number of halogens is 3. The lowest BCUT2D eigenvalue weighted by Crippen LogP contribution is -2.12. The fourth-order valence-electron chi connectivity index (χ4n) is 3.11. The maximum Gasteiger partial charge on any atom is 0.433 e. The highest BCUT2D eigenvalue weighted by Crippen LogP contribution is 2.30. The fourth-order valence-corrected chi connectivity index (χ4v) is 3.11. The summed E-state index contributed by atoms with van der Waals surface area (Å²) in [6, 6.07) is 11.9. The van der Waals surface area contributed by atoms with Crippen LogP contribution < -0.4 is 5.32 Å². The summed E-state index contributed by atoms with van der Waals surface area (Å²) in [6.45, 7) is 2.91. The number of pyridine rings is 1. The molecule has 9 heteroatoms. The number of rotatable bonds is 6. The van der Waals surface area contributed by atoms with Gasteiger partial charge in [0.15, 0.2) is 11.5 Å². The zero-order valence-corrected chi connectivity index (χ0v) is 16.6. The van der Waals surface area contributed by atoms with Crippen LogP contribution in [-0.2, 0) is 19.3 Å². The van der Waals surface area contributed by atoms with E-state index in [2.05, 4.69) is 25.3 Å². The molecule has 158 valence electrons. The van der Waals surface area contributed by atoms with Crippen LogP contribution in [0.15, 0.2) is 67.3 Å². The largest absolute Gasteiger partial charge is 0.433 e. The number of aryl methyl sites for hydroxylation is 1. The number of imidazole rings is 1. The Morgan fingerprint density at radius 3 is 2.45 bits per heavy atom. The van der Waals surface area contributed by atoms with Crippen molar-refractivity contribution in [1.82, 2.24) is 24.5 Å². The van der Waals surface area contributed by atoms with Crippen molar-refractivity contribution in [1.29, 1.82) is 0 Å². The van der Waals surface area contributed by atoms with Gasteiger partial charge in [0.1, 0.15) is 11.6 Å². The Balaban J connectivity index is 1.55. The molecule has 1 aromatic carbocycles. The van der Waals surface area contributed by atoms with Crippen LogP contribution in [0.4, 0.5) is 19.0 Å². The lowest BCUT2D eigenvalue weighted by atomic mass is 10.1. The minimum Gasteiger partial charge on any atom is -0.366 e. The van der Waals surface area contributed by atoms with E-state index in [4.69, 9.17) is 0 Å². The van der Waals surface area contributed by atoms with Crippen LogP contribution in [-0.4, -0.2) is 24.5 Å². The van der Waals surface area contributed by atoms with E-state index in [0.29, 0.717) is 18.7 Å². The Morgan fingerprint density at radius 2 is 1.74 bits per heavy atom. The molecule has 3 heterocycles. The molecule has 1 N–H and O–H groups in total. The average Bonchev–Trinajstić information content (AvgIpc) is 3.17. The van der Waals surface area contributed by atoms with Crippen molar-refractivity contribution in [2.24, 2.45) is 0 Å². The van der Waals surface area contributed by atoms with E-state index in [1.165, 1.54) is 12.4 Å². The van der Waals surface area contributed by atoms with Crippen molar-refractivity contribution in [3.8, 4) is 11.4 Å². The van der Waals surface area contributed by atoms with Gasteiger partial charge in [-0.05, 0) is 30.2 Å². The van der Waals surface area contributed by atoms with Crippen molar-refractivity contribution in [3.05, 3.63) is 89.9 Å². The molecule has 0 saturated heterocycles. The summed E-state index contributed by atoms with van der Waals surface area (Å²) in [5.41, 5.74) is 1.45. The topological polar surface area (TPSA) is 68.5 Å². The highest BCUT2D eigenvalue weighted by Gasteiger charge is 2.33. The zero-order valence-electron chi connectivity index (χ0n) is 16.6. The average molecular weight is 424 g/mol. The van der Waals surface area contributed by atoms with Crippen molar-refractivity contribution in [2.75, 3.05) is 5.32 Å². The third kappa shape index (κ3) is 5.06. The highest BCUT2D eigenvalue weighted by atomic mass is 19.4. The van der Waals surface area contributed by atoms with Crippen LogP contribution in [0.25, 0.3) is 11.4 Å². The molecule has 0 saturated carbocycles. The van der Waals surface area contributed by atoms with Gasteiger partial charge in [-0.3, -0.25) is 4.98 Å². The molecule has 31 heavy (non-hydrogen) atoms. The Labute approximate surface area is 176 Å². The first-order valence-corrected chi connectivity index (χ1v) is 9.54. The molecule has 0 atom stereocenters. The third-order valence-electron chi connectivity index (χ3n) is 4.70. The van der Waals surface area contributed by atoms with Gasteiger partial charge in [-0.25, -0.2) is 15.0 Å². The fraction of sp³-hybridized carbons (Fsp3) is 0.182. The van der Waals surface area contributed by atoms with Crippen LogP contribution in [0.2, 0.25) is 0 Å². The van der Waals surface area contributed by atoms with Gasteiger partial charge in [0.25, 0.3) is 0 Å². The summed E-state index contributed by atoms with van der Waals surface area (Å²) in [4.78, 5) is 16.0. The SMILES string of the molecule is Cc1nccn1Cc1cccc(CNc2cc(C(F)(F)F)nc(-c3ccncc3)n2)c1. The van der Waals surface area contributed by atoms with Crippen LogP contribution in [0.5, 0.6) is 0 Å². The summed E-state index contributed by atoms with van der Waals surface area (Å²) >= 11 is 0. The minimum atomic E-state index is -4.58. The lowest BCUT2D eigenvalue weighted by Gasteiger charge is -2.13. The summed E-state index contributed by atoms with van der Waals surface area (Å²) in [5, 5.41) is 3.00. The number of anilines is 1. The molecule has 4 aromatic rings. The maximum absolute atomic E-state index is 13.4. The van der Waals surface area contributed by atoms with Gasteiger partial charge in [0, 0.05) is 49.5 Å². The second kappa shape index (κ2) is 8.55. The molecule has 0 aliphatic heterocycles. The highest BCUT2D eigenvalue weighted by molar-refractivity contribution is 5.57. The predicted molar refractivity (Wildman–Crippen MR) is 110 cm³/mol. The van der Waals surface area contributed by atoms with E-state index in [1.54, 1.807) is 18.3 Å². The Bertz CT molecular complexity index is 1170. The first-order valence-electron chi connectivity index (χ1n) is 9.54. The van der Waals surface area contributed by atoms with E-state index in [9.17, 15) is 13.2 Å². The lowest BCUT2D eigenvalue weighted by molar-refractivity contribution is -0.141. The van der Waals surface area contributed by atoms with E-state index in [-0.39, 0.29) is 11.6 Å². The standard InChI is InChI=1S/C22H19F3N6/c1-15-27-9-10-31(15)14-17-4-2-3-16(11-17)13-28-20-12-19(22(23,24)25)29-21(30-20)18-5-7-26-8-6-18/h2-12H,13-14H2,1H3,(H,28,29,30). The van der Waals surface area contributed by atoms with Crippen molar-refractivity contribution in [2.45, 2.75) is 26.2 Å². The minimum absolute atomic E-state index is 0.0101. The van der Waals surface area contributed by atoms with E-state index < -0.39 is 11.9 Å². The van der Waals surface area contributed by atoms with E-state index in [1.807, 2.05) is 42.0 Å². The number of nitrogens with one attached hydrogen (secondary N) is 1. The Hall–Kier alpha value is -3.75. The van der Waals surface area contributed by atoms with Crippen LogP contribution in [0.1, 0.15) is 22.6 Å². The quantitative estimate of drug-likeness (QED) is 0.485. The molecular formula is C22H19F3N6. The van der Waals surface area contributed by atoms with Crippen LogP contribution in [0.3, 0.4) is 0 Å². The number of benzene rings is 1. The zero-order chi connectivity index (χ0) is 21.8. The summed E-state index contributed by atoms with van der Waals surface area (Å²) in [7, 11) is 0. The maximum atomic E-state index is 13.4. The Kier molecular flexibility index (Phi) is 5.66. The molecule has 0 radical (unpaired) electrons. The first-order chi connectivity index (χ1) is 14.9. The first kappa shape index (κ1) is 20.5. The molecule has 0 aliphatic carbocycles. The molecular weight excluding hydrogens is 405 g/mol. The smallest absolute Gasteiger partial charge is 0.366 e. The van der Waals surface area contributed by atoms with Gasteiger partial charge in [-0.15, -0.1) is 0 Å². The van der Waals surface area contributed by atoms with Crippen molar-refractivity contribution < 1.29 is 13.2 Å². The van der Waals surface area contributed by atoms with Gasteiger partial charge < -0.3 is 9.88 Å². The van der Waals surface area contributed by atoms with Gasteiger partial charge in [-0.1, -0.05) is 24.3 Å². The number of alkyl halides is 3. The molecule has 3 aromatic heterocycles. The number of nitrogens with zero attached hydrogens (tertiary/aromatic N) is 5. The number of hydrogen-bond donors (Lipinski definition) is 1. The molecule has 6 nitrogen and oxygen atoms in total. The van der Waals surface area contributed by atoms with E-state index in [0.717, 1.165) is 23.0 Å². The molecule has 4 rings (SSSR count). The Morgan fingerprint density at radius 1 is 0.968 bits per heavy atom. The molecule has 0 aliphatic rings. The molecule has 0 spiro atoms. The second-order valence-electron chi connectivity index (χ2n) is 6.97. The van der Waals surface area contributed by atoms with Gasteiger partial charge >= 0.3 is 6.18 Å². The number of hydrogen-bond acceptors (Lipinski definition) is 5. The monoisotopic (exact) mass is 424 g/mol. The van der Waals surface area contributed by atoms with Gasteiger partial charge in [0.2, 0.25) is 0 Å². The van der Waals surface area contributed by atoms with Crippen LogP contribution >= 0.6 is 0 Å². The molecule has 0 bridgehead atoms. The van der Waals surface area contributed by atoms with E-state index >= 15 is 0 Å². The van der Waals surface area contributed by atoms with Gasteiger partial charge in [-0.2, -0.15) is 13.2 Å². The van der Waals surface area contributed by atoms with Crippen molar-refractivity contribution >= 4 is 5.82 Å². The predicted octanol–water partition coefficient (Wildman–Crippen LogP) is 4.72. The third-order valence-corrected chi connectivity index (χ3v) is 4.70. The second-order valence-corrected chi connectivity index (χ2v) is 6.97. The summed E-state index contributed by atoms with van der Waals surface area (Å²) in [6.07, 6.45) is 2.04. The van der Waals surface area contributed by atoms with Crippen LogP contribution in [0, 0.1) is 6.92 Å².